The average molecular weight is 331 g/mol. The van der Waals surface area contributed by atoms with Gasteiger partial charge in [-0.15, -0.1) is 0 Å². The van der Waals surface area contributed by atoms with E-state index in [0.29, 0.717) is 31.6 Å². The van der Waals surface area contributed by atoms with Crippen LogP contribution in [0.3, 0.4) is 0 Å². The predicted octanol–water partition coefficient (Wildman–Crippen LogP) is 2.00. The van der Waals surface area contributed by atoms with E-state index in [0.717, 1.165) is 17.9 Å². The second-order valence-corrected chi connectivity index (χ2v) is 6.82. The molecule has 7 heteroatoms. The highest BCUT2D eigenvalue weighted by molar-refractivity contribution is 5.40. The smallest absolute Gasteiger partial charge is 0.234 e. The van der Waals surface area contributed by atoms with E-state index in [1.807, 2.05) is 19.4 Å². The highest BCUT2D eigenvalue weighted by Gasteiger charge is 2.35. The molecule has 0 radical (unpaired) electrons. The molecule has 3 heterocycles. The van der Waals surface area contributed by atoms with Gasteiger partial charge in [-0.05, 0) is 12.8 Å². The van der Waals surface area contributed by atoms with Gasteiger partial charge < -0.3 is 14.4 Å². The molecule has 0 N–H and O–H groups in total. The lowest BCUT2D eigenvalue weighted by Crippen LogP contribution is -2.48. The molecular formula is C17H25N5O2. The van der Waals surface area contributed by atoms with Gasteiger partial charge in [0.1, 0.15) is 5.60 Å². The number of nitrogens with zero attached hydrogens (tertiary/aromatic N) is 5. The van der Waals surface area contributed by atoms with Gasteiger partial charge >= 0.3 is 0 Å². The van der Waals surface area contributed by atoms with Gasteiger partial charge in [0.2, 0.25) is 5.88 Å². The molecule has 2 aromatic heterocycles. The zero-order valence-electron chi connectivity index (χ0n) is 14.8. The second kappa shape index (κ2) is 6.76. The Hall–Kier alpha value is -2.15. The van der Waals surface area contributed by atoms with Crippen LogP contribution in [-0.4, -0.2) is 46.1 Å². The van der Waals surface area contributed by atoms with E-state index in [-0.39, 0.29) is 0 Å². The van der Waals surface area contributed by atoms with Crippen molar-refractivity contribution < 1.29 is 9.47 Å². The first kappa shape index (κ1) is 16.7. The molecule has 3 rings (SSSR count). The first-order chi connectivity index (χ1) is 11.5. The Balaban J connectivity index is 1.76. The molecule has 0 spiro atoms. The lowest BCUT2D eigenvalue weighted by molar-refractivity contribution is -0.0468. The monoisotopic (exact) mass is 331 g/mol. The number of rotatable bonds is 5. The maximum Gasteiger partial charge on any atom is 0.234 e. The van der Waals surface area contributed by atoms with Crippen molar-refractivity contribution in [2.75, 3.05) is 31.2 Å². The summed E-state index contributed by atoms with van der Waals surface area (Å²) in [5.41, 5.74) is 0.651. The van der Waals surface area contributed by atoms with Crippen molar-refractivity contribution in [3.05, 3.63) is 30.4 Å². The van der Waals surface area contributed by atoms with Crippen molar-refractivity contribution in [3.63, 3.8) is 0 Å². The van der Waals surface area contributed by atoms with Crippen molar-refractivity contribution in [2.24, 2.45) is 13.0 Å². The fourth-order valence-electron chi connectivity index (χ4n) is 2.75. The predicted molar refractivity (Wildman–Crippen MR) is 91.1 cm³/mol. The highest BCUT2D eigenvalue weighted by Crippen LogP contribution is 2.31. The van der Waals surface area contributed by atoms with Crippen molar-refractivity contribution in [2.45, 2.75) is 26.4 Å². The minimum absolute atomic E-state index is 0.414. The lowest BCUT2D eigenvalue weighted by atomic mass is 9.97. The molecule has 0 bridgehead atoms. The molecule has 1 fully saturated rings. The topological polar surface area (TPSA) is 65.3 Å². The normalized spacial score (nSPS) is 21.3. The van der Waals surface area contributed by atoms with E-state index in [4.69, 9.17) is 9.47 Å². The Labute approximate surface area is 142 Å². The van der Waals surface area contributed by atoms with Crippen LogP contribution >= 0.6 is 0 Å². The highest BCUT2D eigenvalue weighted by atomic mass is 16.5. The zero-order valence-corrected chi connectivity index (χ0v) is 14.8. The first-order valence-electron chi connectivity index (χ1n) is 8.29. The van der Waals surface area contributed by atoms with Gasteiger partial charge in [-0.2, -0.15) is 10.1 Å². The third-order valence-electron chi connectivity index (χ3n) is 4.08. The molecule has 0 saturated carbocycles. The van der Waals surface area contributed by atoms with Crippen molar-refractivity contribution >= 4 is 5.82 Å². The largest absolute Gasteiger partial charge is 0.476 e. The Bertz CT molecular complexity index is 687. The molecule has 0 amide bonds. The number of aryl methyl sites for hydroxylation is 1. The van der Waals surface area contributed by atoms with Gasteiger partial charge in [-0.3, -0.25) is 9.67 Å². The maximum atomic E-state index is 6.05. The number of hydrogen-bond acceptors (Lipinski definition) is 6. The van der Waals surface area contributed by atoms with Crippen LogP contribution in [-0.2, 0) is 17.4 Å². The molecule has 2 aromatic rings. The molecule has 24 heavy (non-hydrogen) atoms. The summed E-state index contributed by atoms with van der Waals surface area (Å²) in [6.07, 6.45) is 7.29. The summed E-state index contributed by atoms with van der Waals surface area (Å²) in [5, 5.41) is 4.26. The van der Waals surface area contributed by atoms with E-state index < -0.39 is 5.60 Å². The number of hydrogen-bond donors (Lipinski definition) is 0. The summed E-state index contributed by atoms with van der Waals surface area (Å²) < 4.78 is 13.5. The van der Waals surface area contributed by atoms with Crippen LogP contribution in [0.5, 0.6) is 5.88 Å². The fourth-order valence-corrected chi connectivity index (χ4v) is 2.75. The third-order valence-corrected chi connectivity index (χ3v) is 4.08. The Morgan fingerprint density at radius 2 is 2.17 bits per heavy atom. The molecule has 1 saturated heterocycles. The van der Waals surface area contributed by atoms with Crippen LogP contribution < -0.4 is 9.64 Å². The van der Waals surface area contributed by atoms with Gasteiger partial charge in [0.05, 0.1) is 38.3 Å². The van der Waals surface area contributed by atoms with Crippen LogP contribution in [0, 0.1) is 5.92 Å². The summed E-state index contributed by atoms with van der Waals surface area (Å²) >= 11 is 0. The van der Waals surface area contributed by atoms with Gasteiger partial charge in [0, 0.05) is 25.4 Å². The van der Waals surface area contributed by atoms with E-state index in [1.54, 1.807) is 17.1 Å². The van der Waals surface area contributed by atoms with Crippen LogP contribution in [0.15, 0.2) is 24.8 Å². The van der Waals surface area contributed by atoms with Crippen LogP contribution in [0.25, 0.3) is 0 Å². The van der Waals surface area contributed by atoms with Gasteiger partial charge in [0.15, 0.2) is 5.82 Å². The molecule has 0 unspecified atom stereocenters. The van der Waals surface area contributed by atoms with Crippen molar-refractivity contribution in [1.29, 1.82) is 0 Å². The van der Waals surface area contributed by atoms with E-state index in [9.17, 15) is 0 Å². The SMILES string of the molecule is CC(C)COc1cncc(N2CCO[C@](C)(c3cnn(C)c3)C2)n1. The molecule has 1 aliphatic rings. The van der Waals surface area contributed by atoms with E-state index in [2.05, 4.69) is 40.7 Å². The molecular weight excluding hydrogens is 306 g/mol. The maximum absolute atomic E-state index is 6.05. The summed E-state index contributed by atoms with van der Waals surface area (Å²) in [7, 11) is 1.91. The minimum Gasteiger partial charge on any atom is -0.476 e. The molecule has 0 aromatic carbocycles. The van der Waals surface area contributed by atoms with E-state index >= 15 is 0 Å². The molecule has 1 atom stereocenters. The van der Waals surface area contributed by atoms with Crippen LogP contribution in [0.4, 0.5) is 5.82 Å². The molecule has 1 aliphatic heterocycles. The minimum atomic E-state index is -0.414. The first-order valence-corrected chi connectivity index (χ1v) is 8.29. The van der Waals surface area contributed by atoms with Gasteiger partial charge in [-0.25, -0.2) is 0 Å². The third kappa shape index (κ3) is 3.67. The number of ether oxygens (including phenoxy) is 2. The van der Waals surface area contributed by atoms with Crippen molar-refractivity contribution in [3.8, 4) is 5.88 Å². The average Bonchev–Trinajstić information content (AvgIpc) is 3.01. The standard InChI is InChI=1S/C17H25N5O2/c1-13(2)11-23-16-9-18-8-15(20-16)22-5-6-24-17(3,12-22)14-7-19-21(4)10-14/h7-10,13H,5-6,11-12H2,1-4H3/t17-/m0/s1. The van der Waals surface area contributed by atoms with E-state index in [1.165, 1.54) is 0 Å². The number of anilines is 1. The van der Waals surface area contributed by atoms with Crippen LogP contribution in [0.1, 0.15) is 26.3 Å². The van der Waals surface area contributed by atoms with Gasteiger partial charge in [-0.1, -0.05) is 13.8 Å². The lowest BCUT2D eigenvalue weighted by Gasteiger charge is -2.40. The summed E-state index contributed by atoms with van der Waals surface area (Å²) in [6, 6.07) is 0. The van der Waals surface area contributed by atoms with Crippen LogP contribution in [0.2, 0.25) is 0 Å². The fraction of sp³-hybridized carbons (Fsp3) is 0.588. The molecule has 0 aliphatic carbocycles. The number of aromatic nitrogens is 4. The van der Waals surface area contributed by atoms with Crippen molar-refractivity contribution in [1.82, 2.24) is 19.7 Å². The Morgan fingerprint density at radius 1 is 1.33 bits per heavy atom. The quantitative estimate of drug-likeness (QED) is 0.835. The zero-order chi connectivity index (χ0) is 17.2. The Kier molecular flexibility index (Phi) is 4.71. The number of morpholine rings is 1. The summed E-state index contributed by atoms with van der Waals surface area (Å²) in [4.78, 5) is 11.1. The Morgan fingerprint density at radius 3 is 2.88 bits per heavy atom. The van der Waals surface area contributed by atoms with Gasteiger partial charge in [0.25, 0.3) is 0 Å². The molecule has 130 valence electrons. The second-order valence-electron chi connectivity index (χ2n) is 6.82. The molecule has 7 nitrogen and oxygen atoms in total. The summed E-state index contributed by atoms with van der Waals surface area (Å²) in [6.45, 7) is 9.04. The summed E-state index contributed by atoms with van der Waals surface area (Å²) in [5.74, 6) is 1.83.